The van der Waals surface area contributed by atoms with Gasteiger partial charge in [-0.2, -0.15) is 5.10 Å². The molecule has 28 heavy (non-hydrogen) atoms. The van der Waals surface area contributed by atoms with Crippen molar-refractivity contribution in [2.75, 3.05) is 26.4 Å². The molecule has 1 aliphatic heterocycles. The Kier molecular flexibility index (Phi) is 6.39. The topological polar surface area (TPSA) is 65.4 Å². The standard InChI is InChI=1S/C22H31N3O3/c1-5-28-18-8-6-17(7-9-18)22(10-12-27-13-11-22)15-23-21(26)19-14-25(4)24-20(19)16(2)3/h6-9,14,16H,5,10-13,15H2,1-4H3,(H,23,26). The summed E-state index contributed by atoms with van der Waals surface area (Å²) in [7, 11) is 1.85. The normalized spacial score (nSPS) is 16.2. The van der Waals surface area contributed by atoms with E-state index in [0.717, 1.165) is 24.3 Å². The van der Waals surface area contributed by atoms with Crippen molar-refractivity contribution in [1.82, 2.24) is 15.1 Å². The zero-order valence-electron chi connectivity index (χ0n) is 17.3. The first-order valence-electron chi connectivity index (χ1n) is 10.1. The maximum Gasteiger partial charge on any atom is 0.254 e. The monoisotopic (exact) mass is 385 g/mol. The number of aryl methyl sites for hydroxylation is 1. The quantitative estimate of drug-likeness (QED) is 0.793. The zero-order chi connectivity index (χ0) is 20.1. The predicted molar refractivity (Wildman–Crippen MR) is 109 cm³/mol. The summed E-state index contributed by atoms with van der Waals surface area (Å²) in [5.74, 6) is 1.01. The first-order chi connectivity index (χ1) is 13.4. The lowest BCUT2D eigenvalue weighted by molar-refractivity contribution is 0.0487. The number of hydrogen-bond acceptors (Lipinski definition) is 4. The van der Waals surface area contributed by atoms with Crippen molar-refractivity contribution in [2.45, 2.75) is 44.9 Å². The number of nitrogens with zero attached hydrogens (tertiary/aromatic N) is 2. The first kappa shape index (κ1) is 20.4. The summed E-state index contributed by atoms with van der Waals surface area (Å²) in [6.07, 6.45) is 3.56. The summed E-state index contributed by atoms with van der Waals surface area (Å²) in [5.41, 5.74) is 2.59. The molecular formula is C22H31N3O3. The molecule has 6 heteroatoms. The molecule has 0 unspecified atom stereocenters. The summed E-state index contributed by atoms with van der Waals surface area (Å²) in [5, 5.41) is 7.63. The fourth-order valence-corrected chi connectivity index (χ4v) is 3.85. The van der Waals surface area contributed by atoms with E-state index in [4.69, 9.17) is 9.47 Å². The maximum absolute atomic E-state index is 12.9. The Morgan fingerprint density at radius 2 is 1.96 bits per heavy atom. The van der Waals surface area contributed by atoms with Gasteiger partial charge in [0.05, 0.1) is 17.9 Å². The highest BCUT2D eigenvalue weighted by atomic mass is 16.5. The molecule has 0 radical (unpaired) electrons. The van der Waals surface area contributed by atoms with Crippen LogP contribution < -0.4 is 10.1 Å². The molecule has 3 rings (SSSR count). The third-order valence-corrected chi connectivity index (χ3v) is 5.46. The molecule has 152 valence electrons. The minimum absolute atomic E-state index is 0.0615. The van der Waals surface area contributed by atoms with Crippen LogP contribution in [0.4, 0.5) is 0 Å². The van der Waals surface area contributed by atoms with Gasteiger partial charge in [0.15, 0.2) is 0 Å². The molecule has 0 bridgehead atoms. The lowest BCUT2D eigenvalue weighted by Crippen LogP contribution is -2.44. The van der Waals surface area contributed by atoms with E-state index < -0.39 is 0 Å². The number of nitrogens with one attached hydrogen (secondary N) is 1. The summed E-state index contributed by atoms with van der Waals surface area (Å²) in [6, 6.07) is 8.25. The van der Waals surface area contributed by atoms with Crippen LogP contribution in [-0.4, -0.2) is 42.1 Å². The Bertz CT molecular complexity index is 790. The molecule has 1 aliphatic rings. The van der Waals surface area contributed by atoms with Gasteiger partial charge in [0.2, 0.25) is 0 Å². The molecule has 2 heterocycles. The van der Waals surface area contributed by atoms with Crippen LogP contribution in [0, 0.1) is 0 Å². The van der Waals surface area contributed by atoms with Gasteiger partial charge in [-0.3, -0.25) is 9.48 Å². The van der Waals surface area contributed by atoms with E-state index in [1.165, 1.54) is 5.56 Å². The number of carbonyl (C=O) groups is 1. The highest BCUT2D eigenvalue weighted by molar-refractivity contribution is 5.95. The van der Waals surface area contributed by atoms with Gasteiger partial charge >= 0.3 is 0 Å². The van der Waals surface area contributed by atoms with Crippen LogP contribution in [0.5, 0.6) is 5.75 Å². The second-order valence-corrected chi connectivity index (χ2v) is 7.79. The molecule has 1 saturated heterocycles. The molecule has 1 fully saturated rings. The van der Waals surface area contributed by atoms with Crippen LogP contribution in [0.2, 0.25) is 0 Å². The molecule has 6 nitrogen and oxygen atoms in total. The number of rotatable bonds is 7. The maximum atomic E-state index is 12.9. The van der Waals surface area contributed by atoms with E-state index in [9.17, 15) is 4.79 Å². The molecule has 1 amide bonds. The van der Waals surface area contributed by atoms with Crippen LogP contribution in [0.25, 0.3) is 0 Å². The largest absolute Gasteiger partial charge is 0.494 e. The molecule has 0 aliphatic carbocycles. The van der Waals surface area contributed by atoms with Crippen molar-refractivity contribution >= 4 is 5.91 Å². The van der Waals surface area contributed by atoms with Gasteiger partial charge in [0.1, 0.15) is 5.75 Å². The van der Waals surface area contributed by atoms with Gasteiger partial charge in [0, 0.05) is 38.4 Å². The highest BCUT2D eigenvalue weighted by Crippen LogP contribution is 2.35. The van der Waals surface area contributed by atoms with Gasteiger partial charge < -0.3 is 14.8 Å². The van der Waals surface area contributed by atoms with Gasteiger partial charge in [-0.15, -0.1) is 0 Å². The Hall–Kier alpha value is -2.34. The summed E-state index contributed by atoms with van der Waals surface area (Å²) >= 11 is 0. The van der Waals surface area contributed by atoms with Gasteiger partial charge in [-0.05, 0) is 43.4 Å². The predicted octanol–water partition coefficient (Wildman–Crippen LogP) is 3.42. The number of aromatic nitrogens is 2. The van der Waals surface area contributed by atoms with Crippen molar-refractivity contribution in [3.8, 4) is 5.75 Å². The van der Waals surface area contributed by atoms with Crippen molar-refractivity contribution < 1.29 is 14.3 Å². The van der Waals surface area contributed by atoms with E-state index in [1.54, 1.807) is 10.9 Å². The average molecular weight is 386 g/mol. The fourth-order valence-electron chi connectivity index (χ4n) is 3.85. The number of carbonyl (C=O) groups excluding carboxylic acids is 1. The van der Waals surface area contributed by atoms with Crippen molar-refractivity contribution in [3.05, 3.63) is 47.3 Å². The second kappa shape index (κ2) is 8.78. The van der Waals surface area contributed by atoms with E-state index in [0.29, 0.717) is 31.9 Å². The molecule has 0 spiro atoms. The van der Waals surface area contributed by atoms with Gasteiger partial charge in [-0.1, -0.05) is 26.0 Å². The Morgan fingerprint density at radius 3 is 2.57 bits per heavy atom. The van der Waals surface area contributed by atoms with Crippen LogP contribution in [0.3, 0.4) is 0 Å². The number of benzene rings is 1. The average Bonchev–Trinajstić information content (AvgIpc) is 3.10. The van der Waals surface area contributed by atoms with Crippen LogP contribution in [0.1, 0.15) is 61.1 Å². The SMILES string of the molecule is CCOc1ccc(C2(CNC(=O)c3cn(C)nc3C(C)C)CCOCC2)cc1. The zero-order valence-corrected chi connectivity index (χ0v) is 17.3. The third-order valence-electron chi connectivity index (χ3n) is 5.46. The summed E-state index contributed by atoms with van der Waals surface area (Å²) < 4.78 is 12.9. The molecule has 2 aromatic rings. The van der Waals surface area contributed by atoms with Crippen LogP contribution in [-0.2, 0) is 17.2 Å². The molecule has 1 aromatic heterocycles. The van der Waals surface area contributed by atoms with Crippen LogP contribution in [0.15, 0.2) is 30.5 Å². The van der Waals surface area contributed by atoms with E-state index in [2.05, 4.69) is 36.4 Å². The number of amides is 1. The second-order valence-electron chi connectivity index (χ2n) is 7.79. The van der Waals surface area contributed by atoms with E-state index in [1.807, 2.05) is 26.1 Å². The highest BCUT2D eigenvalue weighted by Gasteiger charge is 2.35. The van der Waals surface area contributed by atoms with Crippen molar-refractivity contribution in [1.29, 1.82) is 0 Å². The molecule has 1 aromatic carbocycles. The van der Waals surface area contributed by atoms with Crippen molar-refractivity contribution in [2.24, 2.45) is 7.05 Å². The van der Waals surface area contributed by atoms with Crippen LogP contribution >= 0.6 is 0 Å². The first-order valence-corrected chi connectivity index (χ1v) is 10.1. The van der Waals surface area contributed by atoms with E-state index >= 15 is 0 Å². The van der Waals surface area contributed by atoms with Crippen molar-refractivity contribution in [3.63, 3.8) is 0 Å². The Balaban J connectivity index is 1.78. The smallest absolute Gasteiger partial charge is 0.254 e. The molecular weight excluding hydrogens is 354 g/mol. The fraction of sp³-hybridized carbons (Fsp3) is 0.545. The minimum Gasteiger partial charge on any atom is -0.494 e. The lowest BCUT2D eigenvalue weighted by atomic mass is 9.74. The third kappa shape index (κ3) is 4.38. The minimum atomic E-state index is -0.126. The molecule has 0 atom stereocenters. The lowest BCUT2D eigenvalue weighted by Gasteiger charge is -2.38. The number of ether oxygens (including phenoxy) is 2. The molecule has 0 saturated carbocycles. The summed E-state index contributed by atoms with van der Waals surface area (Å²) in [6.45, 7) is 8.72. The summed E-state index contributed by atoms with van der Waals surface area (Å²) in [4.78, 5) is 12.9. The Morgan fingerprint density at radius 1 is 1.29 bits per heavy atom. The Labute approximate surface area is 167 Å². The van der Waals surface area contributed by atoms with Gasteiger partial charge in [0.25, 0.3) is 5.91 Å². The number of hydrogen-bond donors (Lipinski definition) is 1. The molecule has 1 N–H and O–H groups in total. The van der Waals surface area contributed by atoms with Gasteiger partial charge in [-0.25, -0.2) is 0 Å². The van der Waals surface area contributed by atoms with E-state index in [-0.39, 0.29) is 17.2 Å².